The first-order valence-electron chi connectivity index (χ1n) is 8.98. The molecule has 0 saturated heterocycles. The Hall–Kier alpha value is -3.08. The van der Waals surface area contributed by atoms with Gasteiger partial charge in [-0.05, 0) is 55.7 Å². The number of phenols is 1. The molecule has 2 aromatic carbocycles. The average molecular weight is 346 g/mol. The molecule has 5 nitrogen and oxygen atoms in total. The molecule has 1 saturated carbocycles. The first kappa shape index (κ1) is 16.4. The number of anilines is 1. The summed E-state index contributed by atoms with van der Waals surface area (Å²) in [5.74, 6) is 0.237. The fourth-order valence-corrected chi connectivity index (χ4v) is 3.05. The van der Waals surface area contributed by atoms with Crippen molar-refractivity contribution in [3.63, 3.8) is 0 Å². The quantitative estimate of drug-likeness (QED) is 0.571. The van der Waals surface area contributed by atoms with Crippen LogP contribution in [0.2, 0.25) is 0 Å². The lowest BCUT2D eigenvalue weighted by Gasteiger charge is -2.15. The lowest BCUT2D eigenvalue weighted by molar-refractivity contribution is 0.475. The Bertz CT molecular complexity index is 939. The van der Waals surface area contributed by atoms with Crippen molar-refractivity contribution in [1.82, 2.24) is 9.78 Å². The molecular weight excluding hydrogens is 324 g/mol. The molecule has 4 rings (SSSR count). The van der Waals surface area contributed by atoms with Crippen molar-refractivity contribution >= 4 is 11.4 Å². The van der Waals surface area contributed by atoms with Crippen molar-refractivity contribution in [2.45, 2.75) is 32.2 Å². The van der Waals surface area contributed by atoms with E-state index in [1.165, 1.54) is 12.8 Å². The molecule has 1 fully saturated rings. The molecule has 0 spiro atoms. The molecular formula is C21H22N4O. The Labute approximate surface area is 152 Å². The van der Waals surface area contributed by atoms with Crippen LogP contribution >= 0.6 is 0 Å². The predicted molar refractivity (Wildman–Crippen MR) is 104 cm³/mol. The number of hydrogen-bond donors (Lipinski definition) is 3. The molecule has 0 bridgehead atoms. The molecule has 0 amide bonds. The summed E-state index contributed by atoms with van der Waals surface area (Å²) >= 11 is 0. The van der Waals surface area contributed by atoms with Crippen LogP contribution in [0.4, 0.5) is 5.69 Å². The second-order valence-electron chi connectivity index (χ2n) is 6.66. The van der Waals surface area contributed by atoms with Gasteiger partial charge in [0.25, 0.3) is 0 Å². The van der Waals surface area contributed by atoms with Gasteiger partial charge in [0.15, 0.2) is 0 Å². The summed E-state index contributed by atoms with van der Waals surface area (Å²) in [4.78, 5) is 0. The topological polar surface area (TPSA) is 73.9 Å². The van der Waals surface area contributed by atoms with Crippen molar-refractivity contribution in [2.75, 3.05) is 5.32 Å². The molecule has 1 aliphatic carbocycles. The van der Waals surface area contributed by atoms with Gasteiger partial charge in [0, 0.05) is 28.6 Å². The minimum atomic E-state index is 0.237. The Morgan fingerprint density at radius 3 is 2.65 bits per heavy atom. The molecule has 5 heteroatoms. The van der Waals surface area contributed by atoms with Crippen LogP contribution in [0.15, 0.2) is 54.7 Å². The van der Waals surface area contributed by atoms with Crippen molar-refractivity contribution in [1.29, 1.82) is 5.41 Å². The third kappa shape index (κ3) is 3.20. The zero-order chi connectivity index (χ0) is 18.1. The highest BCUT2D eigenvalue weighted by molar-refractivity contribution is 6.03. The minimum Gasteiger partial charge on any atom is -0.508 e. The first-order valence-corrected chi connectivity index (χ1v) is 8.98. The van der Waals surface area contributed by atoms with Crippen LogP contribution in [-0.4, -0.2) is 26.6 Å². The van der Waals surface area contributed by atoms with E-state index >= 15 is 0 Å². The summed E-state index contributed by atoms with van der Waals surface area (Å²) in [6.45, 7) is 2.01. The number of benzene rings is 2. The van der Waals surface area contributed by atoms with Gasteiger partial charge in [0.05, 0.1) is 17.6 Å². The van der Waals surface area contributed by atoms with E-state index in [9.17, 15) is 5.11 Å². The highest BCUT2D eigenvalue weighted by Crippen LogP contribution is 2.32. The van der Waals surface area contributed by atoms with Gasteiger partial charge in [-0.1, -0.05) is 19.1 Å². The van der Waals surface area contributed by atoms with E-state index in [-0.39, 0.29) is 5.75 Å². The van der Waals surface area contributed by atoms with E-state index in [1.807, 2.05) is 41.9 Å². The highest BCUT2D eigenvalue weighted by atomic mass is 16.3. The van der Waals surface area contributed by atoms with Crippen LogP contribution in [0.1, 0.15) is 31.7 Å². The van der Waals surface area contributed by atoms with E-state index in [4.69, 9.17) is 5.41 Å². The summed E-state index contributed by atoms with van der Waals surface area (Å²) in [6.07, 6.45) is 4.87. The Morgan fingerprint density at radius 2 is 1.96 bits per heavy atom. The first-order chi connectivity index (χ1) is 12.7. The van der Waals surface area contributed by atoms with Gasteiger partial charge >= 0.3 is 0 Å². The molecule has 26 heavy (non-hydrogen) atoms. The van der Waals surface area contributed by atoms with Crippen molar-refractivity contribution in [3.8, 4) is 22.7 Å². The normalized spacial score (nSPS) is 13.6. The summed E-state index contributed by atoms with van der Waals surface area (Å²) in [6, 6.07) is 15.7. The van der Waals surface area contributed by atoms with Crippen LogP contribution in [0.5, 0.6) is 5.75 Å². The number of aromatic nitrogens is 2. The molecule has 3 aromatic rings. The van der Waals surface area contributed by atoms with Crippen LogP contribution < -0.4 is 5.32 Å². The van der Waals surface area contributed by atoms with Gasteiger partial charge in [-0.25, -0.2) is 4.68 Å². The van der Waals surface area contributed by atoms with Gasteiger partial charge in [-0.15, -0.1) is 0 Å². The van der Waals surface area contributed by atoms with Gasteiger partial charge in [0.1, 0.15) is 5.75 Å². The maximum atomic E-state index is 9.51. The zero-order valence-corrected chi connectivity index (χ0v) is 14.7. The zero-order valence-electron chi connectivity index (χ0n) is 14.7. The summed E-state index contributed by atoms with van der Waals surface area (Å²) in [7, 11) is 0. The minimum absolute atomic E-state index is 0.237. The molecule has 0 atom stereocenters. The standard InChI is InChI=1S/C21H22N4O/c1-2-19(22)18-10-3-14(13-20(18)24-15-4-5-15)21-11-12-23-25(21)16-6-8-17(26)9-7-16/h3,6-13,15,22,24,26H,2,4-5H2,1H3. The van der Waals surface area contributed by atoms with Gasteiger partial charge < -0.3 is 15.8 Å². The third-order valence-corrected chi connectivity index (χ3v) is 4.67. The Kier molecular flexibility index (Phi) is 4.21. The van der Waals surface area contributed by atoms with Crippen molar-refractivity contribution in [3.05, 3.63) is 60.3 Å². The maximum absolute atomic E-state index is 9.51. The largest absolute Gasteiger partial charge is 0.508 e. The molecule has 0 radical (unpaired) electrons. The fourth-order valence-electron chi connectivity index (χ4n) is 3.05. The number of nitrogens with zero attached hydrogens (tertiary/aromatic N) is 2. The van der Waals surface area contributed by atoms with Gasteiger partial charge in [-0.2, -0.15) is 5.10 Å². The Balaban J connectivity index is 1.75. The molecule has 0 unspecified atom stereocenters. The molecule has 1 aliphatic rings. The fraction of sp³-hybridized carbons (Fsp3) is 0.238. The Morgan fingerprint density at radius 1 is 1.19 bits per heavy atom. The van der Waals surface area contributed by atoms with E-state index in [0.29, 0.717) is 18.2 Å². The van der Waals surface area contributed by atoms with E-state index < -0.39 is 0 Å². The van der Waals surface area contributed by atoms with Crippen LogP contribution in [0.3, 0.4) is 0 Å². The third-order valence-electron chi connectivity index (χ3n) is 4.67. The van der Waals surface area contributed by atoms with Crippen LogP contribution in [-0.2, 0) is 0 Å². The SMILES string of the molecule is CCC(=N)c1ccc(-c2ccnn2-c2ccc(O)cc2)cc1NC1CC1. The molecule has 1 aromatic heterocycles. The highest BCUT2D eigenvalue weighted by Gasteiger charge is 2.23. The number of hydrogen-bond acceptors (Lipinski definition) is 4. The summed E-state index contributed by atoms with van der Waals surface area (Å²) in [5, 5.41) is 25.8. The summed E-state index contributed by atoms with van der Waals surface area (Å²) in [5.41, 5.74) is 5.56. The monoisotopic (exact) mass is 346 g/mol. The van der Waals surface area contributed by atoms with Crippen LogP contribution in [0, 0.1) is 5.41 Å². The summed E-state index contributed by atoms with van der Waals surface area (Å²) < 4.78 is 1.86. The number of aromatic hydroxyl groups is 1. The average Bonchev–Trinajstić information content (AvgIpc) is 3.34. The smallest absolute Gasteiger partial charge is 0.115 e. The molecule has 3 N–H and O–H groups in total. The van der Waals surface area contributed by atoms with Gasteiger partial charge in [-0.3, -0.25) is 0 Å². The predicted octanol–water partition coefficient (Wildman–Crippen LogP) is 4.60. The molecule has 132 valence electrons. The number of nitrogens with one attached hydrogen (secondary N) is 2. The second-order valence-corrected chi connectivity index (χ2v) is 6.66. The van der Waals surface area contributed by atoms with Crippen molar-refractivity contribution < 1.29 is 5.11 Å². The van der Waals surface area contributed by atoms with E-state index in [2.05, 4.69) is 16.5 Å². The van der Waals surface area contributed by atoms with Gasteiger partial charge in [0.2, 0.25) is 0 Å². The maximum Gasteiger partial charge on any atom is 0.115 e. The van der Waals surface area contributed by atoms with E-state index in [1.54, 1.807) is 18.3 Å². The lowest BCUT2D eigenvalue weighted by atomic mass is 10.0. The molecule has 1 heterocycles. The number of phenolic OH excluding ortho intramolecular Hbond substituents is 1. The van der Waals surface area contributed by atoms with Crippen molar-refractivity contribution in [2.24, 2.45) is 0 Å². The second kappa shape index (κ2) is 6.67. The van der Waals surface area contributed by atoms with E-state index in [0.717, 1.165) is 28.2 Å². The number of rotatable bonds is 6. The van der Waals surface area contributed by atoms with Crippen LogP contribution in [0.25, 0.3) is 16.9 Å². The lowest BCUT2D eigenvalue weighted by Crippen LogP contribution is -2.08. The molecule has 0 aliphatic heterocycles.